The predicted octanol–water partition coefficient (Wildman–Crippen LogP) is 2.77. The number of amides is 2. The monoisotopic (exact) mass is 343 g/mol. The van der Waals surface area contributed by atoms with E-state index in [0.717, 1.165) is 35.8 Å². The lowest BCUT2D eigenvalue weighted by atomic mass is 10.1. The van der Waals surface area contributed by atoms with Crippen LogP contribution < -0.4 is 5.32 Å². The molecule has 1 aliphatic heterocycles. The maximum Gasteiger partial charge on any atom is 0.272 e. The van der Waals surface area contributed by atoms with Gasteiger partial charge in [0.05, 0.1) is 0 Å². The summed E-state index contributed by atoms with van der Waals surface area (Å²) in [5.41, 5.74) is 2.89. The largest absolute Gasteiger partial charge is 0.347 e. The van der Waals surface area contributed by atoms with Gasteiger partial charge in [-0.05, 0) is 42.8 Å². The van der Waals surface area contributed by atoms with Crippen LogP contribution in [0.15, 0.2) is 36.5 Å². The van der Waals surface area contributed by atoms with Crippen molar-refractivity contribution >= 4 is 29.3 Å². The number of rotatable bonds is 3. The van der Waals surface area contributed by atoms with Gasteiger partial charge in [0, 0.05) is 49.1 Å². The number of hydrogen-bond acceptors (Lipinski definition) is 3. The molecule has 0 unspecified atom stereocenters. The Morgan fingerprint density at radius 3 is 2.54 bits per heavy atom. The van der Waals surface area contributed by atoms with Crippen LogP contribution in [0.2, 0.25) is 0 Å². The van der Waals surface area contributed by atoms with E-state index in [0.29, 0.717) is 11.3 Å². The van der Waals surface area contributed by atoms with Crippen molar-refractivity contribution in [2.75, 3.05) is 29.9 Å². The third kappa shape index (κ3) is 3.48. The first-order chi connectivity index (χ1) is 11.6. The van der Waals surface area contributed by atoms with E-state index in [1.165, 1.54) is 0 Å². The summed E-state index contributed by atoms with van der Waals surface area (Å²) in [6.45, 7) is 3.51. The molecule has 1 N–H and O–H groups in total. The quantitative estimate of drug-likeness (QED) is 0.932. The van der Waals surface area contributed by atoms with Gasteiger partial charge in [-0.1, -0.05) is 0 Å². The summed E-state index contributed by atoms with van der Waals surface area (Å²) in [5.74, 6) is 1.90. The molecule has 1 aromatic heterocycles. The average Bonchev–Trinajstić information content (AvgIpc) is 3.03. The standard InChI is InChI=1S/C18H21N3O2S/c1-13-12-14(18(23)21-8-10-24-11-9-21)5-6-15(13)19-17(22)16-4-3-7-20(16)2/h3-7,12H,8-11H2,1-2H3,(H,19,22). The number of benzene rings is 1. The van der Waals surface area contributed by atoms with Gasteiger partial charge in [-0.25, -0.2) is 0 Å². The van der Waals surface area contributed by atoms with Gasteiger partial charge in [-0.3, -0.25) is 9.59 Å². The van der Waals surface area contributed by atoms with Crippen LogP contribution in [0.5, 0.6) is 0 Å². The van der Waals surface area contributed by atoms with Gasteiger partial charge in [0.2, 0.25) is 0 Å². The molecule has 0 bridgehead atoms. The number of nitrogens with zero attached hydrogens (tertiary/aromatic N) is 2. The van der Waals surface area contributed by atoms with Crippen LogP contribution in [0.25, 0.3) is 0 Å². The van der Waals surface area contributed by atoms with E-state index in [1.54, 1.807) is 16.7 Å². The Balaban J connectivity index is 1.74. The summed E-state index contributed by atoms with van der Waals surface area (Å²) in [7, 11) is 1.83. The Labute approximate surface area is 146 Å². The number of carbonyl (C=O) groups excluding carboxylic acids is 2. The molecule has 3 rings (SSSR count). The number of nitrogens with one attached hydrogen (secondary N) is 1. The lowest BCUT2D eigenvalue weighted by molar-refractivity contribution is 0.0772. The molecular formula is C18H21N3O2S. The second-order valence-electron chi connectivity index (χ2n) is 5.89. The molecule has 6 heteroatoms. The minimum absolute atomic E-state index is 0.0683. The van der Waals surface area contributed by atoms with E-state index in [4.69, 9.17) is 0 Å². The van der Waals surface area contributed by atoms with Crippen molar-refractivity contribution in [3.8, 4) is 0 Å². The van der Waals surface area contributed by atoms with Gasteiger partial charge in [-0.15, -0.1) is 0 Å². The third-order valence-corrected chi connectivity index (χ3v) is 5.14. The molecule has 0 aliphatic carbocycles. The lowest BCUT2D eigenvalue weighted by Gasteiger charge is -2.26. The molecule has 1 aliphatic rings. The zero-order valence-electron chi connectivity index (χ0n) is 13.9. The normalized spacial score (nSPS) is 14.5. The maximum atomic E-state index is 12.5. The number of thioether (sulfide) groups is 1. The fraction of sp³-hybridized carbons (Fsp3) is 0.333. The zero-order chi connectivity index (χ0) is 17.1. The molecule has 0 atom stereocenters. The Kier molecular flexibility index (Phi) is 4.94. The van der Waals surface area contributed by atoms with Gasteiger partial charge in [0.25, 0.3) is 11.8 Å². The van der Waals surface area contributed by atoms with Crippen molar-refractivity contribution in [3.05, 3.63) is 53.3 Å². The molecule has 2 amide bonds. The summed E-state index contributed by atoms with van der Waals surface area (Å²) in [5, 5.41) is 2.91. The van der Waals surface area contributed by atoms with Crippen LogP contribution in [0, 0.1) is 6.92 Å². The molecule has 5 nitrogen and oxygen atoms in total. The van der Waals surface area contributed by atoms with Crippen LogP contribution in [-0.2, 0) is 7.05 Å². The summed E-state index contributed by atoms with van der Waals surface area (Å²) in [6.07, 6.45) is 1.83. The summed E-state index contributed by atoms with van der Waals surface area (Å²) in [4.78, 5) is 26.7. The highest BCUT2D eigenvalue weighted by Crippen LogP contribution is 2.20. The topological polar surface area (TPSA) is 54.3 Å². The minimum Gasteiger partial charge on any atom is -0.347 e. The number of aromatic nitrogens is 1. The van der Waals surface area contributed by atoms with Crippen molar-refractivity contribution in [3.63, 3.8) is 0 Å². The predicted molar refractivity (Wildman–Crippen MR) is 97.8 cm³/mol. The van der Waals surface area contributed by atoms with Gasteiger partial charge in [0.15, 0.2) is 0 Å². The Bertz CT molecular complexity index is 763. The minimum atomic E-state index is -0.155. The number of carbonyl (C=O) groups is 2. The van der Waals surface area contributed by atoms with Crippen molar-refractivity contribution in [2.45, 2.75) is 6.92 Å². The smallest absolute Gasteiger partial charge is 0.272 e. The SMILES string of the molecule is Cc1cc(C(=O)N2CCSCC2)ccc1NC(=O)c1cccn1C. The summed E-state index contributed by atoms with van der Waals surface area (Å²) in [6, 6.07) is 9.06. The second kappa shape index (κ2) is 7.13. The highest BCUT2D eigenvalue weighted by molar-refractivity contribution is 7.99. The third-order valence-electron chi connectivity index (χ3n) is 4.20. The maximum absolute atomic E-state index is 12.5. The summed E-state index contributed by atoms with van der Waals surface area (Å²) < 4.78 is 1.77. The van der Waals surface area contributed by atoms with Crippen LogP contribution in [0.4, 0.5) is 5.69 Å². The highest BCUT2D eigenvalue weighted by atomic mass is 32.2. The molecule has 0 radical (unpaired) electrons. The first kappa shape index (κ1) is 16.6. The molecular weight excluding hydrogens is 322 g/mol. The molecule has 0 saturated carbocycles. The second-order valence-corrected chi connectivity index (χ2v) is 7.12. The zero-order valence-corrected chi connectivity index (χ0v) is 14.7. The van der Waals surface area contributed by atoms with Crippen molar-refractivity contribution < 1.29 is 9.59 Å². The molecule has 1 saturated heterocycles. The van der Waals surface area contributed by atoms with Gasteiger partial charge >= 0.3 is 0 Å². The molecule has 126 valence electrons. The Morgan fingerprint density at radius 2 is 1.92 bits per heavy atom. The number of aryl methyl sites for hydroxylation is 2. The van der Waals surface area contributed by atoms with Crippen LogP contribution in [0.3, 0.4) is 0 Å². The van der Waals surface area contributed by atoms with Crippen molar-refractivity contribution in [2.24, 2.45) is 7.05 Å². The van der Waals surface area contributed by atoms with E-state index >= 15 is 0 Å². The van der Waals surface area contributed by atoms with E-state index in [2.05, 4.69) is 5.32 Å². The Hall–Kier alpha value is -2.21. The average molecular weight is 343 g/mol. The first-order valence-electron chi connectivity index (χ1n) is 7.96. The molecule has 2 aromatic rings. The number of hydrogen-bond donors (Lipinski definition) is 1. The first-order valence-corrected chi connectivity index (χ1v) is 9.12. The molecule has 2 heterocycles. The fourth-order valence-electron chi connectivity index (χ4n) is 2.77. The van der Waals surface area contributed by atoms with Crippen LogP contribution in [0.1, 0.15) is 26.4 Å². The van der Waals surface area contributed by atoms with Crippen LogP contribution in [-0.4, -0.2) is 45.9 Å². The lowest BCUT2D eigenvalue weighted by Crippen LogP contribution is -2.37. The van der Waals surface area contributed by atoms with Gasteiger partial charge in [0.1, 0.15) is 5.69 Å². The van der Waals surface area contributed by atoms with Gasteiger partial charge in [-0.2, -0.15) is 11.8 Å². The van der Waals surface area contributed by atoms with Crippen molar-refractivity contribution in [1.82, 2.24) is 9.47 Å². The van der Waals surface area contributed by atoms with E-state index in [9.17, 15) is 9.59 Å². The van der Waals surface area contributed by atoms with E-state index in [-0.39, 0.29) is 11.8 Å². The molecule has 0 spiro atoms. The molecule has 1 aromatic carbocycles. The van der Waals surface area contributed by atoms with Gasteiger partial charge < -0.3 is 14.8 Å². The van der Waals surface area contributed by atoms with E-state index in [1.807, 2.05) is 55.0 Å². The van der Waals surface area contributed by atoms with E-state index < -0.39 is 0 Å². The highest BCUT2D eigenvalue weighted by Gasteiger charge is 2.19. The molecule has 1 fully saturated rings. The molecule has 24 heavy (non-hydrogen) atoms. The van der Waals surface area contributed by atoms with Crippen LogP contribution >= 0.6 is 11.8 Å². The fourth-order valence-corrected chi connectivity index (χ4v) is 3.67. The number of anilines is 1. The van der Waals surface area contributed by atoms with Crippen molar-refractivity contribution in [1.29, 1.82) is 0 Å². The Morgan fingerprint density at radius 1 is 1.17 bits per heavy atom. The summed E-state index contributed by atoms with van der Waals surface area (Å²) >= 11 is 1.88.